The van der Waals surface area contributed by atoms with E-state index in [9.17, 15) is 4.79 Å². The minimum absolute atomic E-state index is 0.304. The number of piperidine rings is 1. The number of carbonyl (C=O) groups is 1. The SMILES string of the molecule is CNC1CCCN(C(=O)CCC2CCC(C)O2)C1. The third-order valence-electron chi connectivity index (χ3n) is 4.18. The number of hydrogen-bond donors (Lipinski definition) is 1. The van der Waals surface area contributed by atoms with E-state index in [0.29, 0.717) is 30.6 Å². The van der Waals surface area contributed by atoms with Crippen LogP contribution >= 0.6 is 0 Å². The number of rotatable bonds is 4. The summed E-state index contributed by atoms with van der Waals surface area (Å²) in [6.07, 6.45) is 6.80. The Morgan fingerprint density at radius 1 is 1.39 bits per heavy atom. The van der Waals surface area contributed by atoms with E-state index in [4.69, 9.17) is 4.74 Å². The van der Waals surface area contributed by atoms with Crippen LogP contribution in [0, 0.1) is 0 Å². The van der Waals surface area contributed by atoms with Crippen LogP contribution in [0.5, 0.6) is 0 Å². The van der Waals surface area contributed by atoms with Gasteiger partial charge in [-0.15, -0.1) is 0 Å². The van der Waals surface area contributed by atoms with Gasteiger partial charge in [-0.1, -0.05) is 0 Å². The standard InChI is InChI=1S/C14H26N2O2/c1-11-5-6-13(18-11)7-8-14(17)16-9-3-4-12(10-16)15-2/h11-13,15H,3-10H2,1-2H3. The van der Waals surface area contributed by atoms with Crippen LogP contribution < -0.4 is 5.32 Å². The minimum Gasteiger partial charge on any atom is -0.375 e. The summed E-state index contributed by atoms with van der Waals surface area (Å²) >= 11 is 0. The Hall–Kier alpha value is -0.610. The molecule has 18 heavy (non-hydrogen) atoms. The largest absolute Gasteiger partial charge is 0.375 e. The fourth-order valence-electron chi connectivity index (χ4n) is 2.98. The number of amides is 1. The van der Waals surface area contributed by atoms with Crippen LogP contribution in [0.3, 0.4) is 0 Å². The second kappa shape index (κ2) is 6.53. The molecule has 0 aromatic carbocycles. The van der Waals surface area contributed by atoms with Crippen molar-refractivity contribution in [1.29, 1.82) is 0 Å². The van der Waals surface area contributed by atoms with Gasteiger partial charge in [0.1, 0.15) is 0 Å². The molecule has 2 aliphatic rings. The highest BCUT2D eigenvalue weighted by Gasteiger charge is 2.25. The summed E-state index contributed by atoms with van der Waals surface area (Å²) in [6, 6.07) is 0.477. The van der Waals surface area contributed by atoms with Crippen LogP contribution in [0.25, 0.3) is 0 Å². The lowest BCUT2D eigenvalue weighted by Crippen LogP contribution is -2.47. The second-order valence-electron chi connectivity index (χ2n) is 5.65. The van der Waals surface area contributed by atoms with E-state index < -0.39 is 0 Å². The molecule has 0 radical (unpaired) electrons. The molecule has 3 atom stereocenters. The number of likely N-dealkylation sites (N-methyl/N-ethyl adjacent to an activating group) is 1. The van der Waals surface area contributed by atoms with E-state index in [-0.39, 0.29) is 0 Å². The summed E-state index contributed by atoms with van der Waals surface area (Å²) in [5.41, 5.74) is 0. The third kappa shape index (κ3) is 3.69. The molecule has 2 heterocycles. The first-order valence-electron chi connectivity index (χ1n) is 7.29. The topological polar surface area (TPSA) is 41.6 Å². The van der Waals surface area contributed by atoms with Crippen molar-refractivity contribution < 1.29 is 9.53 Å². The summed E-state index contributed by atoms with van der Waals surface area (Å²) < 4.78 is 5.76. The molecule has 3 unspecified atom stereocenters. The first-order chi connectivity index (χ1) is 8.69. The maximum Gasteiger partial charge on any atom is 0.222 e. The van der Waals surface area contributed by atoms with Crippen molar-refractivity contribution in [2.45, 2.75) is 63.7 Å². The zero-order chi connectivity index (χ0) is 13.0. The Labute approximate surface area is 110 Å². The van der Waals surface area contributed by atoms with E-state index in [1.54, 1.807) is 0 Å². The van der Waals surface area contributed by atoms with E-state index in [1.807, 2.05) is 11.9 Å². The van der Waals surface area contributed by atoms with Gasteiger partial charge in [0.05, 0.1) is 12.2 Å². The van der Waals surface area contributed by atoms with Crippen molar-refractivity contribution in [2.75, 3.05) is 20.1 Å². The van der Waals surface area contributed by atoms with Gasteiger partial charge in [0.2, 0.25) is 5.91 Å². The van der Waals surface area contributed by atoms with Gasteiger partial charge in [-0.05, 0) is 46.1 Å². The molecule has 2 aliphatic heterocycles. The number of nitrogens with zero attached hydrogens (tertiary/aromatic N) is 1. The number of hydrogen-bond acceptors (Lipinski definition) is 3. The number of ether oxygens (including phenoxy) is 1. The molecule has 0 spiro atoms. The molecule has 0 aromatic heterocycles. The van der Waals surface area contributed by atoms with Crippen molar-refractivity contribution in [2.24, 2.45) is 0 Å². The van der Waals surface area contributed by atoms with Gasteiger partial charge in [0.15, 0.2) is 0 Å². The molecule has 2 fully saturated rings. The van der Waals surface area contributed by atoms with Gasteiger partial charge in [-0.3, -0.25) is 4.79 Å². The monoisotopic (exact) mass is 254 g/mol. The van der Waals surface area contributed by atoms with Crippen LogP contribution in [0.1, 0.15) is 45.4 Å². The minimum atomic E-state index is 0.304. The fourth-order valence-corrected chi connectivity index (χ4v) is 2.98. The fraction of sp³-hybridized carbons (Fsp3) is 0.929. The van der Waals surface area contributed by atoms with Crippen molar-refractivity contribution in [1.82, 2.24) is 10.2 Å². The molecule has 104 valence electrons. The van der Waals surface area contributed by atoms with Crippen LogP contribution in [0.2, 0.25) is 0 Å². The van der Waals surface area contributed by atoms with Crippen molar-refractivity contribution in [3.63, 3.8) is 0 Å². The molecule has 2 rings (SSSR count). The van der Waals surface area contributed by atoms with Gasteiger partial charge in [0.25, 0.3) is 0 Å². The van der Waals surface area contributed by atoms with Crippen LogP contribution in [-0.4, -0.2) is 49.2 Å². The highest BCUT2D eigenvalue weighted by molar-refractivity contribution is 5.76. The summed E-state index contributed by atoms with van der Waals surface area (Å²) in [7, 11) is 1.98. The van der Waals surface area contributed by atoms with E-state index in [1.165, 1.54) is 6.42 Å². The number of nitrogens with one attached hydrogen (secondary N) is 1. The number of likely N-dealkylation sites (tertiary alicyclic amines) is 1. The van der Waals surface area contributed by atoms with E-state index in [2.05, 4.69) is 12.2 Å². The normalized spacial score (nSPS) is 32.8. The molecule has 1 N–H and O–H groups in total. The average molecular weight is 254 g/mol. The second-order valence-corrected chi connectivity index (χ2v) is 5.65. The summed E-state index contributed by atoms with van der Waals surface area (Å²) in [4.78, 5) is 14.2. The first kappa shape index (κ1) is 13.8. The summed E-state index contributed by atoms with van der Waals surface area (Å²) in [5.74, 6) is 0.304. The third-order valence-corrected chi connectivity index (χ3v) is 4.18. The van der Waals surface area contributed by atoms with Crippen molar-refractivity contribution >= 4 is 5.91 Å². The molecule has 4 nitrogen and oxygen atoms in total. The lowest BCUT2D eigenvalue weighted by Gasteiger charge is -2.32. The average Bonchev–Trinajstić information content (AvgIpc) is 2.82. The highest BCUT2D eigenvalue weighted by Crippen LogP contribution is 2.23. The molecule has 4 heteroatoms. The van der Waals surface area contributed by atoms with Crippen LogP contribution in [0.4, 0.5) is 0 Å². The quantitative estimate of drug-likeness (QED) is 0.827. The predicted octanol–water partition coefficient (Wildman–Crippen LogP) is 1.54. The number of carbonyl (C=O) groups excluding carboxylic acids is 1. The van der Waals surface area contributed by atoms with Gasteiger partial charge in [-0.2, -0.15) is 0 Å². The maximum atomic E-state index is 12.1. The first-order valence-corrected chi connectivity index (χ1v) is 7.29. The molecule has 0 bridgehead atoms. The van der Waals surface area contributed by atoms with E-state index >= 15 is 0 Å². The zero-order valence-electron chi connectivity index (χ0n) is 11.7. The zero-order valence-corrected chi connectivity index (χ0v) is 11.7. The van der Waals surface area contributed by atoms with Gasteiger partial charge < -0.3 is 15.0 Å². The maximum absolute atomic E-state index is 12.1. The lowest BCUT2D eigenvalue weighted by atomic mass is 10.0. The molecular weight excluding hydrogens is 228 g/mol. The molecule has 0 saturated carbocycles. The highest BCUT2D eigenvalue weighted by atomic mass is 16.5. The summed E-state index contributed by atoms with van der Waals surface area (Å²) in [5, 5.41) is 3.27. The van der Waals surface area contributed by atoms with Crippen molar-refractivity contribution in [3.05, 3.63) is 0 Å². The Morgan fingerprint density at radius 3 is 2.89 bits per heavy atom. The van der Waals surface area contributed by atoms with Gasteiger partial charge in [-0.25, -0.2) is 0 Å². The van der Waals surface area contributed by atoms with E-state index in [0.717, 1.165) is 38.8 Å². The molecule has 2 saturated heterocycles. The van der Waals surface area contributed by atoms with Gasteiger partial charge >= 0.3 is 0 Å². The van der Waals surface area contributed by atoms with Gasteiger partial charge in [0, 0.05) is 25.6 Å². The predicted molar refractivity (Wildman–Crippen MR) is 71.5 cm³/mol. The smallest absolute Gasteiger partial charge is 0.222 e. The Balaban J connectivity index is 1.70. The Morgan fingerprint density at radius 2 is 2.22 bits per heavy atom. The van der Waals surface area contributed by atoms with Crippen molar-refractivity contribution in [3.8, 4) is 0 Å². The Bertz CT molecular complexity index is 283. The Kier molecular flexibility index (Phi) is 5.01. The summed E-state index contributed by atoms with van der Waals surface area (Å²) in [6.45, 7) is 3.92. The van der Waals surface area contributed by atoms with Crippen LogP contribution in [0.15, 0.2) is 0 Å². The molecule has 1 amide bonds. The molecule has 0 aromatic rings. The molecule has 0 aliphatic carbocycles. The lowest BCUT2D eigenvalue weighted by molar-refractivity contribution is -0.133. The molecular formula is C14H26N2O2. The van der Waals surface area contributed by atoms with Crippen LogP contribution in [-0.2, 0) is 9.53 Å².